The number of ketones is 1. The van der Waals surface area contributed by atoms with Crippen LogP contribution >= 0.6 is 0 Å². The van der Waals surface area contributed by atoms with Gasteiger partial charge in [0.15, 0.2) is 5.78 Å². The number of aromatic nitrogens is 3. The highest BCUT2D eigenvalue weighted by Crippen LogP contribution is 2.23. The van der Waals surface area contributed by atoms with Gasteiger partial charge >= 0.3 is 0 Å². The quantitative estimate of drug-likeness (QED) is 0.736. The number of Topliss-reactive ketones (excluding diaryl/α,β-unsaturated/α-hetero) is 1. The molecular weight excluding hydrogens is 290 g/mol. The van der Waals surface area contributed by atoms with Gasteiger partial charge in [-0.05, 0) is 32.0 Å². The van der Waals surface area contributed by atoms with Gasteiger partial charge in [-0.3, -0.25) is 4.79 Å². The normalized spacial score (nSPS) is 13.9. The molecule has 0 aliphatic heterocycles. The lowest BCUT2D eigenvalue weighted by atomic mass is 9.93. The van der Waals surface area contributed by atoms with Crippen LogP contribution in [0.25, 0.3) is 11.0 Å². The van der Waals surface area contributed by atoms with E-state index < -0.39 is 5.54 Å². The summed E-state index contributed by atoms with van der Waals surface area (Å²) in [6.45, 7) is 3.52. The van der Waals surface area contributed by atoms with Crippen LogP contribution < -0.4 is 0 Å². The van der Waals surface area contributed by atoms with Gasteiger partial charge in [0, 0.05) is 12.0 Å². The van der Waals surface area contributed by atoms with Gasteiger partial charge in [0.2, 0.25) is 0 Å². The molecule has 0 bridgehead atoms. The number of hydrogen-bond donors (Lipinski definition) is 1. The lowest BCUT2D eigenvalue weighted by Gasteiger charge is -2.25. The van der Waals surface area contributed by atoms with Crippen molar-refractivity contribution in [3.63, 3.8) is 0 Å². The van der Waals surface area contributed by atoms with Crippen molar-refractivity contribution < 1.29 is 9.90 Å². The van der Waals surface area contributed by atoms with Gasteiger partial charge in [0.25, 0.3) is 0 Å². The maximum atomic E-state index is 12.6. The summed E-state index contributed by atoms with van der Waals surface area (Å²) in [4.78, 5) is 14.0. The average Bonchev–Trinajstić information content (AvgIpc) is 2.99. The molecule has 0 amide bonds. The van der Waals surface area contributed by atoms with Crippen molar-refractivity contribution in [1.29, 1.82) is 0 Å². The molecule has 2 aromatic carbocycles. The lowest BCUT2D eigenvalue weighted by Crippen LogP contribution is -2.38. The third-order valence-corrected chi connectivity index (χ3v) is 3.99. The minimum atomic E-state index is -0.875. The molecule has 0 radical (unpaired) electrons. The number of carbonyl (C=O) groups is 1. The van der Waals surface area contributed by atoms with Crippen LogP contribution in [0.1, 0.15) is 29.3 Å². The molecule has 5 nitrogen and oxygen atoms in total. The second-order valence-electron chi connectivity index (χ2n) is 6.10. The van der Waals surface area contributed by atoms with Crippen LogP contribution in [-0.2, 0) is 5.54 Å². The van der Waals surface area contributed by atoms with E-state index in [2.05, 4.69) is 10.2 Å². The maximum absolute atomic E-state index is 12.6. The highest BCUT2D eigenvalue weighted by Gasteiger charge is 2.32. The summed E-state index contributed by atoms with van der Waals surface area (Å²) in [5, 5.41) is 18.7. The molecule has 0 fully saturated rings. The summed E-state index contributed by atoms with van der Waals surface area (Å²) in [5.41, 5.74) is 2.29. The minimum absolute atomic E-state index is 0.0355. The van der Waals surface area contributed by atoms with Crippen molar-refractivity contribution in [2.75, 3.05) is 6.61 Å². The lowest BCUT2D eigenvalue weighted by molar-refractivity contribution is 0.0778. The SMILES string of the molecule is Cc1cccc(C(=O)CC(C)(CO)n2nc3ccccc3n2)c1. The largest absolute Gasteiger partial charge is 0.394 e. The fourth-order valence-corrected chi connectivity index (χ4v) is 2.56. The Morgan fingerprint density at radius 2 is 1.78 bits per heavy atom. The Morgan fingerprint density at radius 1 is 1.13 bits per heavy atom. The molecule has 0 saturated carbocycles. The summed E-state index contributed by atoms with van der Waals surface area (Å²) < 4.78 is 0. The molecule has 1 unspecified atom stereocenters. The zero-order valence-corrected chi connectivity index (χ0v) is 13.2. The van der Waals surface area contributed by atoms with Crippen molar-refractivity contribution in [2.45, 2.75) is 25.8 Å². The van der Waals surface area contributed by atoms with Gasteiger partial charge < -0.3 is 5.11 Å². The molecule has 3 rings (SSSR count). The van der Waals surface area contributed by atoms with E-state index in [0.29, 0.717) is 5.56 Å². The second-order valence-corrected chi connectivity index (χ2v) is 6.10. The molecule has 1 heterocycles. The molecule has 1 N–H and O–H groups in total. The van der Waals surface area contributed by atoms with Crippen molar-refractivity contribution in [1.82, 2.24) is 15.0 Å². The molecular formula is C18H19N3O2. The third kappa shape index (κ3) is 3.00. The van der Waals surface area contributed by atoms with Crippen LogP contribution in [0.2, 0.25) is 0 Å². The third-order valence-electron chi connectivity index (χ3n) is 3.99. The second kappa shape index (κ2) is 5.93. The van der Waals surface area contributed by atoms with Crippen molar-refractivity contribution >= 4 is 16.8 Å². The van der Waals surface area contributed by atoms with E-state index in [0.717, 1.165) is 16.6 Å². The summed E-state index contributed by atoms with van der Waals surface area (Å²) in [6.07, 6.45) is 0.133. The molecule has 0 aliphatic carbocycles. The molecule has 5 heteroatoms. The van der Waals surface area contributed by atoms with Gasteiger partial charge in [-0.15, -0.1) is 0 Å². The predicted molar refractivity (Wildman–Crippen MR) is 88.4 cm³/mol. The first-order valence-electron chi connectivity index (χ1n) is 7.55. The number of aliphatic hydroxyl groups excluding tert-OH is 1. The standard InChI is InChI=1S/C18H19N3O2/c1-13-6-5-7-14(10-13)17(23)11-18(2,12-22)21-19-15-8-3-4-9-16(15)20-21/h3-10,22H,11-12H2,1-2H3. The zero-order valence-electron chi connectivity index (χ0n) is 13.2. The molecule has 0 saturated heterocycles. The fourth-order valence-electron chi connectivity index (χ4n) is 2.56. The number of fused-ring (bicyclic) bond motifs is 1. The maximum Gasteiger partial charge on any atom is 0.165 e. The first-order valence-corrected chi connectivity index (χ1v) is 7.55. The first kappa shape index (κ1) is 15.4. The van der Waals surface area contributed by atoms with E-state index in [4.69, 9.17) is 0 Å². The van der Waals surface area contributed by atoms with Crippen LogP contribution in [-0.4, -0.2) is 32.5 Å². The summed E-state index contributed by atoms with van der Waals surface area (Å²) >= 11 is 0. The molecule has 3 aromatic rings. The Balaban J connectivity index is 1.92. The smallest absolute Gasteiger partial charge is 0.165 e. The van der Waals surface area contributed by atoms with Gasteiger partial charge in [0.05, 0.1) is 6.61 Å². The molecule has 0 spiro atoms. The Hall–Kier alpha value is -2.53. The Morgan fingerprint density at radius 3 is 2.35 bits per heavy atom. The number of aliphatic hydroxyl groups is 1. The number of aryl methyl sites for hydroxylation is 1. The van der Waals surface area contributed by atoms with Gasteiger partial charge in [-0.25, -0.2) is 0 Å². The van der Waals surface area contributed by atoms with E-state index in [1.54, 1.807) is 13.0 Å². The predicted octanol–water partition coefficient (Wildman–Crippen LogP) is 2.72. The number of nitrogens with zero attached hydrogens (tertiary/aromatic N) is 3. The summed E-state index contributed by atoms with van der Waals surface area (Å²) in [5.74, 6) is -0.0355. The van der Waals surface area contributed by atoms with Crippen molar-refractivity contribution in [2.24, 2.45) is 0 Å². The van der Waals surface area contributed by atoms with Crippen molar-refractivity contribution in [3.05, 3.63) is 59.7 Å². The molecule has 1 aromatic heterocycles. The fraction of sp³-hybridized carbons (Fsp3) is 0.278. The van der Waals surface area contributed by atoms with E-state index in [1.807, 2.05) is 49.4 Å². The van der Waals surface area contributed by atoms with Gasteiger partial charge in [-0.1, -0.05) is 35.9 Å². The zero-order chi connectivity index (χ0) is 16.4. The van der Waals surface area contributed by atoms with E-state index in [-0.39, 0.29) is 18.8 Å². The van der Waals surface area contributed by atoms with Gasteiger partial charge in [0.1, 0.15) is 16.6 Å². The molecule has 0 aliphatic rings. The number of carbonyl (C=O) groups excluding carboxylic acids is 1. The van der Waals surface area contributed by atoms with Gasteiger partial charge in [-0.2, -0.15) is 15.0 Å². The summed E-state index contributed by atoms with van der Waals surface area (Å²) in [7, 11) is 0. The van der Waals surface area contributed by atoms with Crippen LogP contribution in [0, 0.1) is 6.92 Å². The Bertz CT molecular complexity index is 823. The van der Waals surface area contributed by atoms with Crippen LogP contribution in [0.3, 0.4) is 0 Å². The Labute approximate surface area is 134 Å². The van der Waals surface area contributed by atoms with Crippen LogP contribution in [0.15, 0.2) is 48.5 Å². The van der Waals surface area contributed by atoms with Crippen molar-refractivity contribution in [3.8, 4) is 0 Å². The van der Waals surface area contributed by atoms with E-state index >= 15 is 0 Å². The van der Waals surface area contributed by atoms with E-state index in [1.165, 1.54) is 4.80 Å². The monoisotopic (exact) mass is 309 g/mol. The van der Waals surface area contributed by atoms with Crippen LogP contribution in [0.5, 0.6) is 0 Å². The number of benzene rings is 2. The Kier molecular flexibility index (Phi) is 3.96. The molecule has 23 heavy (non-hydrogen) atoms. The number of hydrogen-bond acceptors (Lipinski definition) is 4. The first-order chi connectivity index (χ1) is 11.0. The molecule has 1 atom stereocenters. The highest BCUT2D eigenvalue weighted by atomic mass is 16.3. The summed E-state index contributed by atoms with van der Waals surface area (Å²) in [6, 6.07) is 14.9. The topological polar surface area (TPSA) is 68.0 Å². The number of rotatable bonds is 5. The minimum Gasteiger partial charge on any atom is -0.394 e. The highest BCUT2D eigenvalue weighted by molar-refractivity contribution is 5.96. The average molecular weight is 309 g/mol. The van der Waals surface area contributed by atoms with Crippen LogP contribution in [0.4, 0.5) is 0 Å². The molecule has 118 valence electrons. The van der Waals surface area contributed by atoms with E-state index in [9.17, 15) is 9.90 Å².